The zero-order valence-corrected chi connectivity index (χ0v) is 8.71. The Balaban J connectivity index is 2.52. The Morgan fingerprint density at radius 2 is 2.25 bits per heavy atom. The molecule has 2 aromatic heterocycles. The van der Waals surface area contributed by atoms with E-state index in [1.807, 2.05) is 6.07 Å². The fourth-order valence-corrected chi connectivity index (χ4v) is 2.32. The number of aromatic amines is 1. The Morgan fingerprint density at radius 3 is 3.06 bits per heavy atom. The van der Waals surface area contributed by atoms with Gasteiger partial charge in [-0.05, 0) is 12.1 Å². The van der Waals surface area contributed by atoms with Crippen LogP contribution in [0.4, 0.5) is 0 Å². The molecule has 3 rings (SSSR count). The molecule has 1 N–H and O–H groups in total. The average molecular weight is 228 g/mol. The Labute approximate surface area is 93.0 Å². The first-order valence-corrected chi connectivity index (χ1v) is 5.27. The minimum atomic E-state index is -0.182. The molecule has 0 aliphatic heterocycles. The molecular formula is C10H4N4OS. The van der Waals surface area contributed by atoms with Gasteiger partial charge in [0.15, 0.2) is 5.01 Å². The number of rotatable bonds is 0. The lowest BCUT2D eigenvalue weighted by Gasteiger charge is -1.94. The van der Waals surface area contributed by atoms with Crippen molar-refractivity contribution in [2.45, 2.75) is 0 Å². The van der Waals surface area contributed by atoms with Crippen LogP contribution >= 0.6 is 11.3 Å². The van der Waals surface area contributed by atoms with Gasteiger partial charge < -0.3 is 4.98 Å². The molecule has 5 nitrogen and oxygen atoms in total. The van der Waals surface area contributed by atoms with Gasteiger partial charge in [0.25, 0.3) is 5.56 Å². The zero-order valence-electron chi connectivity index (χ0n) is 7.89. The summed E-state index contributed by atoms with van der Waals surface area (Å²) in [7, 11) is 0. The summed E-state index contributed by atoms with van der Waals surface area (Å²) in [6.07, 6.45) is 1.36. The predicted octanol–water partition coefficient (Wildman–Crippen LogP) is 1.40. The van der Waals surface area contributed by atoms with Gasteiger partial charge in [-0.1, -0.05) is 0 Å². The second-order valence-corrected chi connectivity index (χ2v) is 4.23. The van der Waals surface area contributed by atoms with Gasteiger partial charge in [-0.15, -0.1) is 11.3 Å². The molecule has 0 aliphatic carbocycles. The molecule has 16 heavy (non-hydrogen) atoms. The van der Waals surface area contributed by atoms with Gasteiger partial charge in [-0.25, -0.2) is 9.97 Å². The summed E-state index contributed by atoms with van der Waals surface area (Å²) in [5.41, 5.74) is 1.11. The number of hydrogen-bond donors (Lipinski definition) is 1. The molecule has 1 aromatic carbocycles. The standard InChI is InChI=1S/C10H4N4OS/c11-3-9-14-7-2-6-5(1-8(7)16-9)10(15)13-4-12-6/h1-2,4H,(H,12,13,15). The zero-order chi connectivity index (χ0) is 11.1. The fraction of sp³-hybridized carbons (Fsp3) is 0. The minimum Gasteiger partial charge on any atom is -0.313 e. The molecule has 0 aliphatic rings. The molecule has 2 heterocycles. The lowest BCUT2D eigenvalue weighted by Crippen LogP contribution is -2.05. The van der Waals surface area contributed by atoms with Gasteiger partial charge in [-0.2, -0.15) is 5.26 Å². The largest absolute Gasteiger partial charge is 0.313 e. The second kappa shape index (κ2) is 3.12. The topological polar surface area (TPSA) is 82.4 Å². The number of H-pyrrole nitrogens is 1. The molecule has 0 bridgehead atoms. The van der Waals surface area contributed by atoms with E-state index < -0.39 is 0 Å². The highest BCUT2D eigenvalue weighted by Crippen LogP contribution is 2.24. The SMILES string of the molecule is N#Cc1nc2cc3nc[nH]c(=O)c3cc2s1. The van der Waals surface area contributed by atoms with Crippen LogP contribution in [0.1, 0.15) is 5.01 Å². The quantitative estimate of drug-likeness (QED) is 0.630. The van der Waals surface area contributed by atoms with Crippen molar-refractivity contribution in [3.8, 4) is 6.07 Å². The summed E-state index contributed by atoms with van der Waals surface area (Å²) in [5.74, 6) is 0. The number of nitrogens with one attached hydrogen (secondary N) is 1. The molecule has 0 unspecified atom stereocenters. The maximum absolute atomic E-state index is 11.5. The van der Waals surface area contributed by atoms with E-state index in [4.69, 9.17) is 5.26 Å². The molecular weight excluding hydrogens is 224 g/mol. The summed E-state index contributed by atoms with van der Waals surface area (Å²) in [6, 6.07) is 5.42. The van der Waals surface area contributed by atoms with Gasteiger partial charge in [0, 0.05) is 0 Å². The molecule has 3 aromatic rings. The summed E-state index contributed by atoms with van der Waals surface area (Å²) in [4.78, 5) is 22.2. The summed E-state index contributed by atoms with van der Waals surface area (Å²) in [5, 5.41) is 9.65. The first-order chi connectivity index (χ1) is 7.78. The number of nitrogens with zero attached hydrogens (tertiary/aromatic N) is 3. The van der Waals surface area contributed by atoms with Crippen molar-refractivity contribution in [1.82, 2.24) is 15.0 Å². The highest BCUT2D eigenvalue weighted by atomic mass is 32.1. The van der Waals surface area contributed by atoms with Crippen molar-refractivity contribution >= 4 is 32.5 Å². The molecule has 0 amide bonds. The molecule has 0 fully saturated rings. The fourth-order valence-electron chi connectivity index (χ4n) is 1.54. The normalized spacial score (nSPS) is 10.7. The second-order valence-electron chi connectivity index (χ2n) is 3.20. The highest BCUT2D eigenvalue weighted by Gasteiger charge is 2.07. The van der Waals surface area contributed by atoms with Crippen LogP contribution in [-0.4, -0.2) is 15.0 Å². The van der Waals surface area contributed by atoms with Crippen LogP contribution in [0.15, 0.2) is 23.3 Å². The van der Waals surface area contributed by atoms with Crippen LogP contribution < -0.4 is 5.56 Å². The van der Waals surface area contributed by atoms with Gasteiger partial charge in [0.05, 0.1) is 27.4 Å². The number of hydrogen-bond acceptors (Lipinski definition) is 5. The van der Waals surface area contributed by atoms with Crippen molar-refractivity contribution in [2.75, 3.05) is 0 Å². The van der Waals surface area contributed by atoms with Crippen molar-refractivity contribution in [2.24, 2.45) is 0 Å². The monoisotopic (exact) mass is 228 g/mol. The molecule has 0 atom stereocenters. The Hall–Kier alpha value is -2.26. The van der Waals surface area contributed by atoms with Crippen molar-refractivity contribution < 1.29 is 0 Å². The van der Waals surface area contributed by atoms with E-state index in [1.54, 1.807) is 12.1 Å². The van der Waals surface area contributed by atoms with Crippen molar-refractivity contribution in [3.63, 3.8) is 0 Å². The van der Waals surface area contributed by atoms with Crippen LogP contribution in [0, 0.1) is 11.3 Å². The minimum absolute atomic E-state index is 0.182. The van der Waals surface area contributed by atoms with E-state index in [9.17, 15) is 4.79 Å². The first kappa shape index (κ1) is 9.00. The van der Waals surface area contributed by atoms with Gasteiger partial charge in [0.1, 0.15) is 6.07 Å². The van der Waals surface area contributed by atoms with Crippen molar-refractivity contribution in [1.29, 1.82) is 5.26 Å². The molecule has 0 saturated heterocycles. The summed E-state index contributed by atoms with van der Waals surface area (Å²) >= 11 is 1.27. The maximum Gasteiger partial charge on any atom is 0.258 e. The number of nitriles is 1. The van der Waals surface area contributed by atoms with E-state index in [2.05, 4.69) is 15.0 Å². The van der Waals surface area contributed by atoms with Crippen LogP contribution in [0.25, 0.3) is 21.1 Å². The lowest BCUT2D eigenvalue weighted by molar-refractivity contribution is 1.17. The molecule has 0 saturated carbocycles. The van der Waals surface area contributed by atoms with E-state index in [1.165, 1.54) is 17.7 Å². The predicted molar refractivity (Wildman–Crippen MR) is 60.3 cm³/mol. The highest BCUT2D eigenvalue weighted by molar-refractivity contribution is 7.19. The number of thiazole rings is 1. The average Bonchev–Trinajstić information content (AvgIpc) is 2.69. The van der Waals surface area contributed by atoms with Gasteiger partial charge in [-0.3, -0.25) is 4.79 Å². The van der Waals surface area contributed by atoms with Crippen LogP contribution in [0.5, 0.6) is 0 Å². The van der Waals surface area contributed by atoms with E-state index in [0.717, 1.165) is 4.70 Å². The first-order valence-electron chi connectivity index (χ1n) is 4.46. The lowest BCUT2D eigenvalue weighted by atomic mass is 10.2. The van der Waals surface area contributed by atoms with Gasteiger partial charge in [0.2, 0.25) is 0 Å². The van der Waals surface area contributed by atoms with E-state index in [0.29, 0.717) is 21.4 Å². The van der Waals surface area contributed by atoms with Crippen LogP contribution in [0.2, 0.25) is 0 Å². The van der Waals surface area contributed by atoms with Gasteiger partial charge >= 0.3 is 0 Å². The number of benzene rings is 1. The molecule has 0 spiro atoms. The van der Waals surface area contributed by atoms with Crippen molar-refractivity contribution in [3.05, 3.63) is 33.8 Å². The summed E-state index contributed by atoms with van der Waals surface area (Å²) in [6.45, 7) is 0. The molecule has 76 valence electrons. The number of fused-ring (bicyclic) bond motifs is 2. The number of aromatic nitrogens is 3. The molecule has 6 heteroatoms. The van der Waals surface area contributed by atoms with Crippen LogP contribution in [0.3, 0.4) is 0 Å². The maximum atomic E-state index is 11.5. The molecule has 0 radical (unpaired) electrons. The van der Waals surface area contributed by atoms with Crippen LogP contribution in [-0.2, 0) is 0 Å². The third kappa shape index (κ3) is 1.19. The van der Waals surface area contributed by atoms with E-state index >= 15 is 0 Å². The summed E-state index contributed by atoms with van der Waals surface area (Å²) < 4.78 is 0.822. The smallest absolute Gasteiger partial charge is 0.258 e. The Bertz CT molecular complexity index is 796. The Kier molecular flexibility index (Phi) is 1.75. The van der Waals surface area contributed by atoms with E-state index in [-0.39, 0.29) is 5.56 Å². The third-order valence-electron chi connectivity index (χ3n) is 2.25. The third-order valence-corrected chi connectivity index (χ3v) is 3.17. The Morgan fingerprint density at radius 1 is 1.38 bits per heavy atom.